The van der Waals surface area contributed by atoms with E-state index in [0.717, 1.165) is 11.1 Å². The molecule has 0 aromatic carbocycles. The van der Waals surface area contributed by atoms with Gasteiger partial charge in [-0.15, -0.1) is 0 Å². The molecule has 0 spiro atoms. The molecular weight excluding hydrogens is 159 g/mol. The Bertz CT molecular complexity index is 186. The van der Waals surface area contributed by atoms with Gasteiger partial charge in [-0.25, -0.2) is 5.43 Å². The molecule has 0 bridgehead atoms. The lowest BCUT2D eigenvalue weighted by atomic mass is 10.3. The Labute approximate surface area is 61.6 Å². The van der Waals surface area contributed by atoms with Crippen molar-refractivity contribution in [1.82, 2.24) is 10.4 Å². The van der Waals surface area contributed by atoms with E-state index in [1.165, 1.54) is 7.05 Å². The predicted molar refractivity (Wildman–Crippen MR) is 33.0 cm³/mol. The normalized spacial score (nSPS) is 25.6. The van der Waals surface area contributed by atoms with Crippen molar-refractivity contribution in [3.05, 3.63) is 11.9 Å². The number of nitrogens with two attached hydrogens (primary N) is 1. The molecule has 1 atom stereocenters. The van der Waals surface area contributed by atoms with E-state index < -0.39 is 12.2 Å². The van der Waals surface area contributed by atoms with Crippen molar-refractivity contribution in [2.45, 2.75) is 12.2 Å². The Morgan fingerprint density at radius 3 is 2.36 bits per heavy atom. The van der Waals surface area contributed by atoms with Crippen LogP contribution in [0.5, 0.6) is 0 Å². The molecule has 0 saturated carbocycles. The maximum Gasteiger partial charge on any atom is 0.409 e. The van der Waals surface area contributed by atoms with E-state index in [1.54, 1.807) is 0 Å². The molecule has 1 heterocycles. The molecule has 3 N–H and O–H groups in total. The van der Waals surface area contributed by atoms with Crippen LogP contribution in [-0.4, -0.2) is 24.3 Å². The van der Waals surface area contributed by atoms with Gasteiger partial charge in [-0.2, -0.15) is 13.2 Å². The Morgan fingerprint density at radius 2 is 2.18 bits per heavy atom. The number of rotatable bonds is 0. The van der Waals surface area contributed by atoms with Crippen LogP contribution >= 0.6 is 0 Å². The van der Waals surface area contributed by atoms with Crippen LogP contribution in [0.25, 0.3) is 0 Å². The van der Waals surface area contributed by atoms with E-state index in [1.807, 2.05) is 0 Å². The third-order valence-electron chi connectivity index (χ3n) is 1.41. The van der Waals surface area contributed by atoms with Crippen LogP contribution in [0.1, 0.15) is 0 Å². The summed E-state index contributed by atoms with van der Waals surface area (Å²) in [7, 11) is 1.43. The van der Waals surface area contributed by atoms with Gasteiger partial charge in [-0.05, 0) is 6.08 Å². The second kappa shape index (κ2) is 2.30. The minimum absolute atomic E-state index is 0.0901. The Morgan fingerprint density at radius 1 is 1.64 bits per heavy atom. The van der Waals surface area contributed by atoms with Crippen molar-refractivity contribution in [3.63, 3.8) is 0 Å². The van der Waals surface area contributed by atoms with Crippen LogP contribution in [0.2, 0.25) is 0 Å². The van der Waals surface area contributed by atoms with Gasteiger partial charge in [-0.1, -0.05) is 0 Å². The highest BCUT2D eigenvalue weighted by Gasteiger charge is 2.41. The molecule has 1 aliphatic heterocycles. The third-order valence-corrected chi connectivity index (χ3v) is 1.41. The highest BCUT2D eigenvalue weighted by atomic mass is 19.4. The molecule has 0 saturated heterocycles. The molecule has 0 fully saturated rings. The average Bonchev–Trinajstić information content (AvgIpc) is 2.11. The average molecular weight is 167 g/mol. The van der Waals surface area contributed by atoms with Crippen LogP contribution < -0.4 is 11.2 Å². The van der Waals surface area contributed by atoms with E-state index in [9.17, 15) is 13.2 Å². The summed E-state index contributed by atoms with van der Waals surface area (Å²) < 4.78 is 35.8. The Hall–Kier alpha value is -0.910. The third kappa shape index (κ3) is 1.56. The van der Waals surface area contributed by atoms with Gasteiger partial charge in [-0.3, -0.25) is 5.01 Å². The zero-order chi connectivity index (χ0) is 8.65. The second-order valence-corrected chi connectivity index (χ2v) is 2.30. The Balaban J connectivity index is 2.68. The van der Waals surface area contributed by atoms with Crippen LogP contribution in [0, 0.1) is 0 Å². The predicted octanol–water partition coefficient (Wildman–Crippen LogP) is 0.167. The first-order valence-electron chi connectivity index (χ1n) is 2.95. The van der Waals surface area contributed by atoms with Crippen molar-refractivity contribution < 1.29 is 13.2 Å². The molecule has 0 aromatic rings. The van der Waals surface area contributed by atoms with Gasteiger partial charge in [0.1, 0.15) is 11.9 Å². The summed E-state index contributed by atoms with van der Waals surface area (Å²) in [4.78, 5) is 0. The number of nitrogens with one attached hydrogen (secondary N) is 1. The van der Waals surface area contributed by atoms with E-state index >= 15 is 0 Å². The van der Waals surface area contributed by atoms with Gasteiger partial charge in [0.25, 0.3) is 0 Å². The van der Waals surface area contributed by atoms with Gasteiger partial charge in [0, 0.05) is 7.05 Å². The molecule has 1 rings (SSSR count). The number of hydrazine groups is 1. The van der Waals surface area contributed by atoms with E-state index in [2.05, 4.69) is 5.43 Å². The molecule has 1 aliphatic rings. The smallest absolute Gasteiger partial charge is 0.385 e. The maximum atomic E-state index is 11.9. The van der Waals surface area contributed by atoms with Crippen molar-refractivity contribution >= 4 is 0 Å². The molecule has 64 valence electrons. The van der Waals surface area contributed by atoms with Crippen molar-refractivity contribution in [3.8, 4) is 0 Å². The first-order chi connectivity index (χ1) is 4.91. The molecule has 0 radical (unpaired) electrons. The summed E-state index contributed by atoms with van der Waals surface area (Å²) in [6.07, 6.45) is -3.34. The summed E-state index contributed by atoms with van der Waals surface area (Å²) in [5.74, 6) is 0.0901. The van der Waals surface area contributed by atoms with E-state index in [-0.39, 0.29) is 5.82 Å². The number of halogens is 3. The van der Waals surface area contributed by atoms with Crippen molar-refractivity contribution in [2.75, 3.05) is 7.05 Å². The second-order valence-electron chi connectivity index (χ2n) is 2.30. The maximum absolute atomic E-state index is 11.9. The van der Waals surface area contributed by atoms with Crippen LogP contribution in [0.3, 0.4) is 0 Å². The largest absolute Gasteiger partial charge is 0.409 e. The molecule has 0 aromatic heterocycles. The monoisotopic (exact) mass is 167 g/mol. The number of hydrogen-bond acceptors (Lipinski definition) is 3. The summed E-state index contributed by atoms with van der Waals surface area (Å²) >= 11 is 0. The zero-order valence-corrected chi connectivity index (χ0v) is 5.81. The van der Waals surface area contributed by atoms with Crippen LogP contribution in [0.15, 0.2) is 11.9 Å². The summed E-state index contributed by atoms with van der Waals surface area (Å²) in [6.45, 7) is 0. The van der Waals surface area contributed by atoms with Gasteiger partial charge in [0.2, 0.25) is 0 Å². The molecule has 0 aliphatic carbocycles. The molecule has 0 amide bonds. The van der Waals surface area contributed by atoms with E-state index in [0.29, 0.717) is 0 Å². The van der Waals surface area contributed by atoms with Gasteiger partial charge >= 0.3 is 6.18 Å². The topological polar surface area (TPSA) is 41.3 Å². The van der Waals surface area contributed by atoms with Gasteiger partial charge in [0.05, 0.1) is 0 Å². The minimum atomic E-state index is -4.27. The van der Waals surface area contributed by atoms with Crippen LogP contribution in [-0.2, 0) is 0 Å². The fraction of sp³-hybridized carbons (Fsp3) is 0.600. The zero-order valence-electron chi connectivity index (χ0n) is 5.81. The fourth-order valence-corrected chi connectivity index (χ4v) is 0.771. The highest BCUT2D eigenvalue weighted by molar-refractivity contribution is 5.09. The molecule has 6 heteroatoms. The Kier molecular flexibility index (Phi) is 1.71. The standard InChI is InChI=1S/C5H8F3N3/c1-11-4(9)2-3(10-11)5(6,7)8/h2-3,10H,9H2,1H3. The first-order valence-corrected chi connectivity index (χ1v) is 2.95. The summed E-state index contributed by atoms with van der Waals surface area (Å²) in [5.41, 5.74) is 7.32. The summed E-state index contributed by atoms with van der Waals surface area (Å²) in [6, 6.07) is -1.65. The molecule has 1 unspecified atom stereocenters. The highest BCUT2D eigenvalue weighted by Crippen LogP contribution is 2.24. The lowest BCUT2D eigenvalue weighted by Crippen LogP contribution is -2.43. The van der Waals surface area contributed by atoms with Gasteiger partial charge in [0.15, 0.2) is 0 Å². The first kappa shape index (κ1) is 8.19. The van der Waals surface area contributed by atoms with Crippen molar-refractivity contribution in [2.24, 2.45) is 5.73 Å². The van der Waals surface area contributed by atoms with E-state index in [4.69, 9.17) is 5.73 Å². The fourth-order valence-electron chi connectivity index (χ4n) is 0.771. The molecular formula is C5H8F3N3. The molecule has 11 heavy (non-hydrogen) atoms. The lowest BCUT2D eigenvalue weighted by molar-refractivity contribution is -0.148. The number of hydrogen-bond donors (Lipinski definition) is 2. The minimum Gasteiger partial charge on any atom is -0.385 e. The quantitative estimate of drug-likeness (QED) is 0.540. The van der Waals surface area contributed by atoms with Crippen LogP contribution in [0.4, 0.5) is 13.2 Å². The summed E-state index contributed by atoms with van der Waals surface area (Å²) in [5, 5.41) is 1.14. The number of alkyl halides is 3. The van der Waals surface area contributed by atoms with Gasteiger partial charge < -0.3 is 5.73 Å². The van der Waals surface area contributed by atoms with Crippen molar-refractivity contribution in [1.29, 1.82) is 0 Å². The number of nitrogens with zero attached hydrogens (tertiary/aromatic N) is 1. The molecule has 3 nitrogen and oxygen atoms in total. The SMILES string of the molecule is CN1NC(C(F)(F)F)C=C1N. The lowest BCUT2D eigenvalue weighted by Gasteiger charge is -2.17.